The monoisotopic (exact) mass is 436 g/mol. The van der Waals surface area contributed by atoms with Crippen molar-refractivity contribution < 1.29 is 4.79 Å². The third kappa shape index (κ3) is 6.70. The lowest BCUT2D eigenvalue weighted by Gasteiger charge is -2.33. The summed E-state index contributed by atoms with van der Waals surface area (Å²) in [6.07, 6.45) is 4.83. The van der Waals surface area contributed by atoms with Crippen LogP contribution in [0.25, 0.3) is 0 Å². The van der Waals surface area contributed by atoms with Crippen LogP contribution in [0.4, 0.5) is 5.82 Å². The Labute approximate surface area is 191 Å². The van der Waals surface area contributed by atoms with Gasteiger partial charge in [0.1, 0.15) is 5.82 Å². The molecule has 2 aromatic rings. The van der Waals surface area contributed by atoms with Gasteiger partial charge in [0.2, 0.25) is 0 Å². The fourth-order valence-electron chi connectivity index (χ4n) is 3.83. The number of aliphatic imine (C=N–C) groups is 1. The molecule has 7 heteroatoms. The maximum atomic E-state index is 12.2. The van der Waals surface area contributed by atoms with E-state index in [1.165, 1.54) is 5.56 Å². The standard InChI is InChI=1S/C25H36N6O/c1-5-26-25(27-14-11-20-7-6-8-21(17-20)24(32)30(3)4)29-22-12-15-31(16-13-22)23-10-9-19(2)18-28-23/h6-10,17-18,22H,5,11-16H2,1-4H3,(H2,26,27,29). The number of amides is 1. The first-order valence-corrected chi connectivity index (χ1v) is 11.5. The molecule has 0 saturated carbocycles. The topological polar surface area (TPSA) is 72.9 Å². The van der Waals surface area contributed by atoms with E-state index in [0.717, 1.165) is 61.8 Å². The van der Waals surface area contributed by atoms with E-state index < -0.39 is 0 Å². The number of rotatable bonds is 7. The van der Waals surface area contributed by atoms with Gasteiger partial charge in [-0.25, -0.2) is 4.98 Å². The van der Waals surface area contributed by atoms with Crippen LogP contribution in [-0.4, -0.2) is 68.1 Å². The predicted molar refractivity (Wildman–Crippen MR) is 131 cm³/mol. The van der Waals surface area contributed by atoms with Gasteiger partial charge in [-0.05, 0) is 62.4 Å². The van der Waals surface area contributed by atoms with Crippen LogP contribution in [0.2, 0.25) is 0 Å². The van der Waals surface area contributed by atoms with Gasteiger partial charge in [0.15, 0.2) is 5.96 Å². The third-order valence-electron chi connectivity index (χ3n) is 5.65. The summed E-state index contributed by atoms with van der Waals surface area (Å²) < 4.78 is 0. The molecule has 1 aromatic carbocycles. The molecule has 0 radical (unpaired) electrons. The fourth-order valence-corrected chi connectivity index (χ4v) is 3.83. The molecule has 0 atom stereocenters. The van der Waals surface area contributed by atoms with E-state index in [1.807, 2.05) is 24.4 Å². The number of pyridine rings is 1. The Morgan fingerprint density at radius 3 is 2.66 bits per heavy atom. The lowest BCUT2D eigenvalue weighted by Crippen LogP contribution is -2.49. The summed E-state index contributed by atoms with van der Waals surface area (Å²) in [5.74, 6) is 1.95. The molecule has 1 saturated heterocycles. The molecular formula is C25H36N6O. The Bertz CT molecular complexity index is 901. The lowest BCUT2D eigenvalue weighted by molar-refractivity contribution is 0.0827. The maximum Gasteiger partial charge on any atom is 0.253 e. The Morgan fingerprint density at radius 2 is 2.00 bits per heavy atom. The number of aryl methyl sites for hydroxylation is 1. The molecule has 0 spiro atoms. The van der Waals surface area contributed by atoms with E-state index in [-0.39, 0.29) is 5.91 Å². The van der Waals surface area contributed by atoms with Crippen molar-refractivity contribution in [1.29, 1.82) is 0 Å². The first-order valence-electron chi connectivity index (χ1n) is 11.5. The summed E-state index contributed by atoms with van der Waals surface area (Å²) in [6, 6.07) is 12.4. The third-order valence-corrected chi connectivity index (χ3v) is 5.65. The van der Waals surface area contributed by atoms with E-state index in [9.17, 15) is 4.79 Å². The summed E-state index contributed by atoms with van der Waals surface area (Å²) in [4.78, 5) is 25.5. The van der Waals surface area contributed by atoms with Crippen LogP contribution in [0.5, 0.6) is 0 Å². The van der Waals surface area contributed by atoms with Crippen molar-refractivity contribution in [1.82, 2.24) is 20.5 Å². The summed E-state index contributed by atoms with van der Waals surface area (Å²) in [5.41, 5.74) is 3.03. The minimum atomic E-state index is 0.0255. The molecule has 7 nitrogen and oxygen atoms in total. The molecule has 2 heterocycles. The second kappa shape index (κ2) is 11.5. The maximum absolute atomic E-state index is 12.2. The summed E-state index contributed by atoms with van der Waals surface area (Å²) in [6.45, 7) is 7.61. The zero-order valence-electron chi connectivity index (χ0n) is 19.8. The number of nitrogens with zero attached hydrogens (tertiary/aromatic N) is 4. The highest BCUT2D eigenvalue weighted by atomic mass is 16.2. The van der Waals surface area contributed by atoms with E-state index in [4.69, 9.17) is 4.99 Å². The van der Waals surface area contributed by atoms with E-state index in [1.54, 1.807) is 19.0 Å². The van der Waals surface area contributed by atoms with Crippen molar-refractivity contribution >= 4 is 17.7 Å². The van der Waals surface area contributed by atoms with Crippen molar-refractivity contribution in [3.8, 4) is 0 Å². The molecule has 1 amide bonds. The first kappa shape index (κ1) is 23.6. The van der Waals surface area contributed by atoms with Crippen LogP contribution in [0.1, 0.15) is 41.3 Å². The normalized spacial score (nSPS) is 14.9. The van der Waals surface area contributed by atoms with Gasteiger partial charge in [0, 0.05) is 58.1 Å². The van der Waals surface area contributed by atoms with Crippen LogP contribution in [0.15, 0.2) is 47.6 Å². The average Bonchev–Trinajstić information content (AvgIpc) is 2.80. The van der Waals surface area contributed by atoms with E-state index in [2.05, 4.69) is 52.6 Å². The highest BCUT2D eigenvalue weighted by Gasteiger charge is 2.20. The summed E-state index contributed by atoms with van der Waals surface area (Å²) in [5, 5.41) is 6.96. The molecule has 0 aliphatic carbocycles. The second-order valence-electron chi connectivity index (χ2n) is 8.51. The van der Waals surface area contributed by atoms with Crippen molar-refractivity contribution in [2.24, 2.45) is 4.99 Å². The Hall–Kier alpha value is -3.09. The largest absolute Gasteiger partial charge is 0.357 e. The molecule has 1 aromatic heterocycles. The lowest BCUT2D eigenvalue weighted by atomic mass is 10.1. The molecule has 1 aliphatic rings. The summed E-state index contributed by atoms with van der Waals surface area (Å²) in [7, 11) is 3.55. The molecule has 1 aliphatic heterocycles. The second-order valence-corrected chi connectivity index (χ2v) is 8.51. The SMILES string of the molecule is CCNC(=NCCc1cccc(C(=O)N(C)C)c1)NC1CCN(c2ccc(C)cn2)CC1. The van der Waals surface area contributed by atoms with Gasteiger partial charge in [-0.2, -0.15) is 0 Å². The number of piperidine rings is 1. The number of aromatic nitrogens is 1. The number of carbonyl (C=O) groups excluding carboxylic acids is 1. The van der Waals surface area contributed by atoms with E-state index in [0.29, 0.717) is 12.6 Å². The van der Waals surface area contributed by atoms with E-state index >= 15 is 0 Å². The number of nitrogens with one attached hydrogen (secondary N) is 2. The smallest absolute Gasteiger partial charge is 0.253 e. The zero-order chi connectivity index (χ0) is 22.9. The number of benzene rings is 1. The molecule has 2 N–H and O–H groups in total. The highest BCUT2D eigenvalue weighted by molar-refractivity contribution is 5.94. The Balaban J connectivity index is 1.52. The summed E-state index contributed by atoms with van der Waals surface area (Å²) >= 11 is 0. The molecule has 0 unspecified atom stereocenters. The van der Waals surface area contributed by atoms with Crippen molar-refractivity contribution in [2.75, 3.05) is 45.2 Å². The number of carbonyl (C=O) groups is 1. The van der Waals surface area contributed by atoms with Gasteiger partial charge in [-0.1, -0.05) is 18.2 Å². The number of guanidine groups is 1. The first-order chi connectivity index (χ1) is 15.5. The van der Waals surface area contributed by atoms with Gasteiger partial charge in [-0.15, -0.1) is 0 Å². The van der Waals surface area contributed by atoms with Crippen molar-refractivity contribution in [2.45, 2.75) is 39.2 Å². The minimum absolute atomic E-state index is 0.0255. The fraction of sp³-hybridized carbons (Fsp3) is 0.480. The quantitative estimate of drug-likeness (QED) is 0.516. The van der Waals surface area contributed by atoms with Crippen LogP contribution >= 0.6 is 0 Å². The molecule has 0 bridgehead atoms. The Morgan fingerprint density at radius 1 is 1.22 bits per heavy atom. The number of anilines is 1. The van der Waals surface area contributed by atoms with Crippen LogP contribution in [0.3, 0.4) is 0 Å². The molecule has 3 rings (SSSR count). The van der Waals surface area contributed by atoms with Gasteiger partial charge in [0.25, 0.3) is 5.91 Å². The molecule has 1 fully saturated rings. The van der Waals surface area contributed by atoms with Crippen LogP contribution in [-0.2, 0) is 6.42 Å². The number of hydrogen-bond donors (Lipinski definition) is 2. The molecular weight excluding hydrogens is 400 g/mol. The van der Waals surface area contributed by atoms with Crippen molar-refractivity contribution in [3.05, 3.63) is 59.3 Å². The molecule has 32 heavy (non-hydrogen) atoms. The van der Waals surface area contributed by atoms with Gasteiger partial charge >= 0.3 is 0 Å². The average molecular weight is 437 g/mol. The minimum Gasteiger partial charge on any atom is -0.357 e. The number of hydrogen-bond acceptors (Lipinski definition) is 4. The van der Waals surface area contributed by atoms with Crippen LogP contribution < -0.4 is 15.5 Å². The highest BCUT2D eigenvalue weighted by Crippen LogP contribution is 2.18. The zero-order valence-corrected chi connectivity index (χ0v) is 19.8. The van der Waals surface area contributed by atoms with Gasteiger partial charge < -0.3 is 20.4 Å². The van der Waals surface area contributed by atoms with Crippen LogP contribution in [0, 0.1) is 6.92 Å². The van der Waals surface area contributed by atoms with Crippen molar-refractivity contribution in [3.63, 3.8) is 0 Å². The molecule has 172 valence electrons. The predicted octanol–water partition coefficient (Wildman–Crippen LogP) is 2.86. The van der Waals surface area contributed by atoms with Gasteiger partial charge in [-0.3, -0.25) is 9.79 Å². The Kier molecular flexibility index (Phi) is 8.48. The van der Waals surface area contributed by atoms with Gasteiger partial charge in [0.05, 0.1) is 0 Å².